The lowest BCUT2D eigenvalue weighted by molar-refractivity contribution is -0.281. The van der Waals surface area contributed by atoms with Crippen molar-refractivity contribution in [3.63, 3.8) is 0 Å². The first-order chi connectivity index (χ1) is 10.0. The summed E-state index contributed by atoms with van der Waals surface area (Å²) in [6.45, 7) is 8.13. The fourth-order valence-corrected chi connectivity index (χ4v) is 1.93. The zero-order valence-corrected chi connectivity index (χ0v) is 13.4. The molecule has 0 spiro atoms. The molecule has 1 fully saturated rings. The van der Waals surface area contributed by atoms with E-state index in [4.69, 9.17) is 14.2 Å². The van der Waals surface area contributed by atoms with E-state index < -0.39 is 40.5 Å². The summed E-state index contributed by atoms with van der Waals surface area (Å²) in [5.41, 5.74) is -6.24. The predicted octanol–water partition coefficient (Wildman–Crippen LogP) is 3.41. The van der Waals surface area contributed by atoms with E-state index in [1.54, 1.807) is 20.8 Å². The quantitative estimate of drug-likeness (QED) is 0.418. The second-order valence-corrected chi connectivity index (χ2v) is 6.03. The van der Waals surface area contributed by atoms with Crippen LogP contribution in [-0.2, 0) is 23.2 Å². The Hall–Kier alpha value is -0.930. The molecule has 1 aliphatic heterocycles. The Labute approximate surface area is 131 Å². The average Bonchev–Trinajstić information content (AvgIpc) is 2.41. The Morgan fingerprint density at radius 3 is 2.32 bits per heavy atom. The van der Waals surface area contributed by atoms with Crippen LogP contribution in [0.15, 0.2) is 12.3 Å². The van der Waals surface area contributed by atoms with Crippen LogP contribution in [0.5, 0.6) is 0 Å². The number of rotatable bonds is 6. The van der Waals surface area contributed by atoms with Gasteiger partial charge in [-0.05, 0) is 20.3 Å². The monoisotopic (exact) mass is 344 g/mol. The Morgan fingerprint density at radius 2 is 1.86 bits per heavy atom. The zero-order chi connectivity index (χ0) is 17.0. The lowest BCUT2D eigenvalue weighted by atomic mass is 9.87. The maximum absolute atomic E-state index is 12.3. The van der Waals surface area contributed by atoms with E-state index in [0.717, 1.165) is 0 Å². The molecular formula is C13H19F3O5S. The van der Waals surface area contributed by atoms with E-state index in [0.29, 0.717) is 6.42 Å². The van der Waals surface area contributed by atoms with Crippen LogP contribution in [0.2, 0.25) is 0 Å². The number of esters is 1. The highest BCUT2D eigenvalue weighted by Crippen LogP contribution is 2.41. The predicted molar refractivity (Wildman–Crippen MR) is 73.5 cm³/mol. The number of carbonyl (C=O) groups is 1. The molecule has 0 atom stereocenters. The summed E-state index contributed by atoms with van der Waals surface area (Å²) in [6, 6.07) is 0. The van der Waals surface area contributed by atoms with Crippen LogP contribution in [0.1, 0.15) is 27.2 Å². The molecule has 0 N–H and O–H groups in total. The highest BCUT2D eigenvalue weighted by Gasteiger charge is 2.52. The molecule has 0 aromatic carbocycles. The van der Waals surface area contributed by atoms with E-state index in [1.165, 1.54) is 0 Å². The van der Waals surface area contributed by atoms with Gasteiger partial charge >= 0.3 is 11.5 Å². The minimum Gasteiger partial charge on any atom is -0.465 e. The molecule has 0 saturated carbocycles. The van der Waals surface area contributed by atoms with Gasteiger partial charge < -0.3 is 18.4 Å². The van der Waals surface area contributed by atoms with E-state index >= 15 is 0 Å². The molecule has 0 unspecified atom stereocenters. The van der Waals surface area contributed by atoms with Crippen molar-refractivity contribution in [2.24, 2.45) is 5.41 Å². The molecule has 128 valence electrons. The van der Waals surface area contributed by atoms with Gasteiger partial charge in [0.1, 0.15) is 5.76 Å². The summed E-state index contributed by atoms with van der Waals surface area (Å²) < 4.78 is 57.1. The van der Waals surface area contributed by atoms with Gasteiger partial charge in [-0.15, -0.1) is 0 Å². The largest absolute Gasteiger partial charge is 0.479 e. The van der Waals surface area contributed by atoms with Crippen molar-refractivity contribution in [1.82, 2.24) is 0 Å². The van der Waals surface area contributed by atoms with Crippen LogP contribution in [0.25, 0.3) is 0 Å². The number of hydrogen-bond donors (Lipinski definition) is 0. The normalized spacial score (nSPS) is 20.3. The van der Waals surface area contributed by atoms with Crippen molar-refractivity contribution < 1.29 is 36.4 Å². The fourth-order valence-electron chi connectivity index (χ4n) is 1.58. The lowest BCUT2D eigenvalue weighted by Crippen LogP contribution is -2.52. The van der Waals surface area contributed by atoms with Crippen molar-refractivity contribution in [3.8, 4) is 0 Å². The fraction of sp³-hybridized carbons (Fsp3) is 0.769. The van der Waals surface area contributed by atoms with Crippen molar-refractivity contribution >= 4 is 18.0 Å². The second kappa shape index (κ2) is 7.10. The second-order valence-electron chi connectivity index (χ2n) is 5.23. The third-order valence-electron chi connectivity index (χ3n) is 2.93. The molecule has 0 amide bonds. The van der Waals surface area contributed by atoms with E-state index in [1.807, 2.05) is 0 Å². The Morgan fingerprint density at radius 1 is 1.32 bits per heavy atom. The molecule has 0 aromatic rings. The van der Waals surface area contributed by atoms with Gasteiger partial charge in [0.05, 0.1) is 19.8 Å². The van der Waals surface area contributed by atoms with Crippen molar-refractivity contribution in [3.05, 3.63) is 12.3 Å². The minimum absolute atomic E-state index is 0.129. The third-order valence-corrected chi connectivity index (χ3v) is 3.40. The van der Waals surface area contributed by atoms with Crippen molar-refractivity contribution in [2.75, 3.05) is 19.8 Å². The van der Waals surface area contributed by atoms with Crippen LogP contribution in [0.4, 0.5) is 13.2 Å². The highest BCUT2D eigenvalue weighted by atomic mass is 32.2. The number of ether oxygens (including phenoxy) is 3. The summed E-state index contributed by atoms with van der Waals surface area (Å²) in [7, 11) is 0. The van der Waals surface area contributed by atoms with Gasteiger partial charge in [-0.3, -0.25) is 4.79 Å². The van der Waals surface area contributed by atoms with Crippen LogP contribution in [-0.4, -0.2) is 37.1 Å². The smallest absolute Gasteiger partial charge is 0.465 e. The van der Waals surface area contributed by atoms with E-state index in [9.17, 15) is 18.0 Å². The maximum Gasteiger partial charge on any atom is 0.479 e. The molecule has 22 heavy (non-hydrogen) atoms. The molecule has 0 bridgehead atoms. The SMILES string of the molecule is C=C(OSC(F)(F)F)C1(C(=O)OCCC)COC(C)(C)OC1. The Balaban J connectivity index is 2.87. The minimum atomic E-state index is -4.62. The number of carbonyl (C=O) groups excluding carboxylic acids is 1. The van der Waals surface area contributed by atoms with Gasteiger partial charge in [-0.2, -0.15) is 13.2 Å². The first-order valence-corrected chi connectivity index (χ1v) is 7.33. The van der Waals surface area contributed by atoms with E-state index in [2.05, 4.69) is 10.8 Å². The molecule has 9 heteroatoms. The van der Waals surface area contributed by atoms with Gasteiger partial charge in [-0.25, -0.2) is 0 Å². The number of hydrogen-bond acceptors (Lipinski definition) is 6. The molecule has 5 nitrogen and oxygen atoms in total. The van der Waals surface area contributed by atoms with Gasteiger partial charge in [0.2, 0.25) is 0 Å². The number of alkyl halides is 3. The summed E-state index contributed by atoms with van der Waals surface area (Å²) in [5, 5.41) is 0. The van der Waals surface area contributed by atoms with Gasteiger partial charge in [0.25, 0.3) is 0 Å². The first kappa shape index (κ1) is 19.1. The summed E-state index contributed by atoms with van der Waals surface area (Å²) in [4.78, 5) is 12.2. The number of halogens is 3. The topological polar surface area (TPSA) is 54.0 Å². The molecule has 0 aromatic heterocycles. The molecule has 1 saturated heterocycles. The van der Waals surface area contributed by atoms with Gasteiger partial charge in [-0.1, -0.05) is 13.5 Å². The van der Waals surface area contributed by atoms with Crippen LogP contribution >= 0.6 is 12.0 Å². The van der Waals surface area contributed by atoms with Crippen LogP contribution < -0.4 is 0 Å². The standard InChI is InChI=1S/C13H19F3O5S/c1-5-6-18-10(17)12(7-19-11(3,4)20-8-12)9(2)21-22-13(14,15)16/h2,5-8H2,1,3-4H3. The summed E-state index contributed by atoms with van der Waals surface area (Å²) in [6.07, 6.45) is 0.569. The molecule has 1 heterocycles. The highest BCUT2D eigenvalue weighted by molar-refractivity contribution is 7.95. The molecule has 1 aliphatic rings. The summed E-state index contributed by atoms with van der Waals surface area (Å²) in [5.74, 6) is -2.14. The molecule has 0 radical (unpaired) electrons. The van der Waals surface area contributed by atoms with Crippen LogP contribution in [0.3, 0.4) is 0 Å². The molecular weight excluding hydrogens is 325 g/mol. The van der Waals surface area contributed by atoms with Gasteiger partial charge in [0.15, 0.2) is 23.2 Å². The maximum atomic E-state index is 12.3. The molecule has 1 rings (SSSR count). The third kappa shape index (κ3) is 5.06. The zero-order valence-electron chi connectivity index (χ0n) is 12.6. The average molecular weight is 344 g/mol. The van der Waals surface area contributed by atoms with Crippen molar-refractivity contribution in [2.45, 2.75) is 38.5 Å². The first-order valence-electron chi connectivity index (χ1n) is 6.59. The Bertz CT molecular complexity index is 412. The lowest BCUT2D eigenvalue weighted by Gasteiger charge is -2.41. The summed E-state index contributed by atoms with van der Waals surface area (Å²) >= 11 is -0.743. The van der Waals surface area contributed by atoms with E-state index in [-0.39, 0.29) is 19.8 Å². The van der Waals surface area contributed by atoms with Gasteiger partial charge in [0, 0.05) is 0 Å². The molecule has 0 aliphatic carbocycles. The van der Waals surface area contributed by atoms with Crippen LogP contribution in [0, 0.1) is 5.41 Å². The van der Waals surface area contributed by atoms with Crippen molar-refractivity contribution in [1.29, 1.82) is 0 Å². The Kier molecular flexibility index (Phi) is 6.17.